The van der Waals surface area contributed by atoms with Crippen LogP contribution in [0.3, 0.4) is 0 Å². The van der Waals surface area contributed by atoms with Gasteiger partial charge in [-0.25, -0.2) is 0 Å². The van der Waals surface area contributed by atoms with Crippen LogP contribution in [0, 0.1) is 5.41 Å². The molecular weight excluding hydrogens is 302 g/mol. The van der Waals surface area contributed by atoms with Crippen LogP contribution in [0.15, 0.2) is 61.4 Å². The minimum Gasteiger partial charge on any atom is -0.338 e. The highest BCUT2D eigenvalue weighted by Crippen LogP contribution is 2.32. The van der Waals surface area contributed by atoms with Gasteiger partial charge in [0.2, 0.25) is 11.8 Å². The third-order valence-corrected chi connectivity index (χ3v) is 4.54. The van der Waals surface area contributed by atoms with Crippen molar-refractivity contribution >= 4 is 17.5 Å². The van der Waals surface area contributed by atoms with Gasteiger partial charge in [-0.05, 0) is 43.7 Å². The van der Waals surface area contributed by atoms with Gasteiger partial charge in [-0.2, -0.15) is 0 Å². The van der Waals surface area contributed by atoms with Crippen molar-refractivity contribution in [3.63, 3.8) is 0 Å². The molecule has 1 aromatic heterocycles. The number of hydrogen-bond donors (Lipinski definition) is 1. The number of aromatic nitrogens is 1. The second-order valence-corrected chi connectivity index (χ2v) is 6.34. The van der Waals surface area contributed by atoms with Gasteiger partial charge in [0.1, 0.15) is 0 Å². The number of benzene rings is 1. The summed E-state index contributed by atoms with van der Waals surface area (Å²) < 4.78 is 1.96. The van der Waals surface area contributed by atoms with Crippen LogP contribution in [0.4, 0.5) is 5.69 Å². The lowest BCUT2D eigenvalue weighted by Gasteiger charge is -2.24. The molecule has 0 saturated carbocycles. The molecule has 1 fully saturated rings. The van der Waals surface area contributed by atoms with Gasteiger partial charge in [0.25, 0.3) is 0 Å². The van der Waals surface area contributed by atoms with Gasteiger partial charge in [-0.1, -0.05) is 18.7 Å². The highest BCUT2D eigenvalue weighted by atomic mass is 16.2. The lowest BCUT2D eigenvalue weighted by atomic mass is 9.88. The van der Waals surface area contributed by atoms with Crippen LogP contribution in [0.1, 0.15) is 13.3 Å². The van der Waals surface area contributed by atoms with Crippen LogP contribution >= 0.6 is 0 Å². The van der Waals surface area contributed by atoms with E-state index in [9.17, 15) is 9.59 Å². The predicted molar refractivity (Wildman–Crippen MR) is 93.9 cm³/mol. The number of amides is 2. The van der Waals surface area contributed by atoms with Gasteiger partial charge in [0, 0.05) is 25.5 Å². The fourth-order valence-corrected chi connectivity index (χ4v) is 3.04. The Kier molecular flexibility index (Phi) is 4.25. The second-order valence-electron chi connectivity index (χ2n) is 6.34. The molecular formula is C19H21N3O2. The lowest BCUT2D eigenvalue weighted by molar-refractivity contribution is -0.127. The molecule has 1 saturated heterocycles. The highest BCUT2D eigenvalue weighted by molar-refractivity contribution is 5.98. The zero-order chi connectivity index (χ0) is 17.2. The van der Waals surface area contributed by atoms with Gasteiger partial charge < -0.3 is 14.8 Å². The summed E-state index contributed by atoms with van der Waals surface area (Å²) in [7, 11) is 0. The van der Waals surface area contributed by atoms with Crippen LogP contribution in [-0.4, -0.2) is 34.4 Å². The van der Waals surface area contributed by atoms with E-state index in [1.807, 2.05) is 60.3 Å². The summed E-state index contributed by atoms with van der Waals surface area (Å²) in [5, 5.41) is 3.04. The van der Waals surface area contributed by atoms with Gasteiger partial charge >= 0.3 is 0 Å². The maximum Gasteiger partial charge on any atom is 0.245 e. The molecule has 1 aliphatic rings. The SMILES string of the molecule is C=CC(=O)N1CCC(C)(C(=O)Nc2ccccc2-n2cccc2)C1. The molecule has 3 rings (SSSR count). The number of nitrogens with zero attached hydrogens (tertiary/aromatic N) is 2. The van der Waals surface area contributed by atoms with E-state index in [2.05, 4.69) is 11.9 Å². The monoisotopic (exact) mass is 323 g/mol. The topological polar surface area (TPSA) is 54.3 Å². The average Bonchev–Trinajstić information content (AvgIpc) is 3.25. The quantitative estimate of drug-likeness (QED) is 0.880. The van der Waals surface area contributed by atoms with Gasteiger partial charge in [-0.15, -0.1) is 0 Å². The summed E-state index contributed by atoms with van der Waals surface area (Å²) in [6, 6.07) is 11.6. The molecule has 5 heteroatoms. The number of para-hydroxylation sites is 2. The van der Waals surface area contributed by atoms with E-state index in [4.69, 9.17) is 0 Å². The minimum atomic E-state index is -0.595. The first-order chi connectivity index (χ1) is 11.5. The fraction of sp³-hybridized carbons (Fsp3) is 0.263. The number of hydrogen-bond acceptors (Lipinski definition) is 2. The Morgan fingerprint density at radius 3 is 2.62 bits per heavy atom. The Hall–Kier alpha value is -2.82. The highest BCUT2D eigenvalue weighted by Gasteiger charge is 2.41. The molecule has 2 amide bonds. The van der Waals surface area contributed by atoms with Crippen molar-refractivity contribution in [3.05, 3.63) is 61.4 Å². The number of anilines is 1. The van der Waals surface area contributed by atoms with Gasteiger partial charge in [0.15, 0.2) is 0 Å². The Morgan fingerprint density at radius 1 is 1.21 bits per heavy atom. The molecule has 0 radical (unpaired) electrons. The van der Waals surface area contributed by atoms with E-state index in [0.717, 1.165) is 11.4 Å². The first-order valence-corrected chi connectivity index (χ1v) is 7.99. The van der Waals surface area contributed by atoms with Crippen molar-refractivity contribution in [3.8, 4) is 5.69 Å². The molecule has 2 aromatic rings. The van der Waals surface area contributed by atoms with Crippen molar-refractivity contribution in [2.24, 2.45) is 5.41 Å². The summed E-state index contributed by atoms with van der Waals surface area (Å²) in [4.78, 5) is 26.3. The number of nitrogens with one attached hydrogen (secondary N) is 1. The average molecular weight is 323 g/mol. The Balaban J connectivity index is 1.79. The van der Waals surface area contributed by atoms with E-state index >= 15 is 0 Å². The van der Waals surface area contributed by atoms with Crippen LogP contribution in [0.2, 0.25) is 0 Å². The molecule has 24 heavy (non-hydrogen) atoms. The maximum atomic E-state index is 12.8. The van der Waals surface area contributed by atoms with Gasteiger partial charge in [0.05, 0.1) is 16.8 Å². The summed E-state index contributed by atoms with van der Waals surface area (Å²) in [6.07, 6.45) is 5.81. The molecule has 1 N–H and O–H groups in total. The van der Waals surface area contributed by atoms with Crippen LogP contribution in [0.5, 0.6) is 0 Å². The maximum absolute atomic E-state index is 12.8. The fourth-order valence-electron chi connectivity index (χ4n) is 3.04. The number of likely N-dealkylation sites (tertiary alicyclic amines) is 1. The Bertz CT molecular complexity index is 767. The molecule has 124 valence electrons. The van der Waals surface area contributed by atoms with Crippen LogP contribution in [-0.2, 0) is 9.59 Å². The number of carbonyl (C=O) groups is 2. The summed E-state index contributed by atoms with van der Waals surface area (Å²) in [5.74, 6) is -0.194. The molecule has 0 bridgehead atoms. The summed E-state index contributed by atoms with van der Waals surface area (Å²) in [6.45, 7) is 6.40. The molecule has 5 nitrogen and oxygen atoms in total. The van der Waals surface area contributed by atoms with Crippen molar-refractivity contribution in [1.82, 2.24) is 9.47 Å². The minimum absolute atomic E-state index is 0.0681. The summed E-state index contributed by atoms with van der Waals surface area (Å²) >= 11 is 0. The van der Waals surface area contributed by atoms with Crippen LogP contribution < -0.4 is 5.32 Å². The van der Waals surface area contributed by atoms with E-state index in [0.29, 0.717) is 19.5 Å². The number of rotatable bonds is 4. The zero-order valence-corrected chi connectivity index (χ0v) is 13.7. The van der Waals surface area contributed by atoms with E-state index in [1.165, 1.54) is 6.08 Å². The van der Waals surface area contributed by atoms with Crippen molar-refractivity contribution in [2.45, 2.75) is 13.3 Å². The molecule has 0 spiro atoms. The molecule has 1 aromatic carbocycles. The third kappa shape index (κ3) is 2.97. The molecule has 2 heterocycles. The first kappa shape index (κ1) is 16.1. The summed E-state index contributed by atoms with van der Waals surface area (Å²) in [5.41, 5.74) is 1.08. The van der Waals surface area contributed by atoms with Crippen molar-refractivity contribution in [2.75, 3.05) is 18.4 Å². The first-order valence-electron chi connectivity index (χ1n) is 7.99. The Morgan fingerprint density at radius 2 is 1.92 bits per heavy atom. The Labute approximate surface area is 141 Å². The van der Waals surface area contributed by atoms with Gasteiger partial charge in [-0.3, -0.25) is 9.59 Å². The van der Waals surface area contributed by atoms with Crippen molar-refractivity contribution < 1.29 is 9.59 Å². The lowest BCUT2D eigenvalue weighted by Crippen LogP contribution is -2.37. The second kappa shape index (κ2) is 6.35. The molecule has 1 atom stereocenters. The predicted octanol–water partition coefficient (Wildman–Crippen LogP) is 2.84. The van der Waals surface area contributed by atoms with Crippen molar-refractivity contribution in [1.29, 1.82) is 0 Å². The standard InChI is InChI=1S/C19H21N3O2/c1-3-17(23)22-13-10-19(2,14-22)18(24)20-15-8-4-5-9-16(15)21-11-6-7-12-21/h3-9,11-12H,1,10,13-14H2,2H3,(H,20,24). The van der Waals surface area contributed by atoms with Crippen LogP contribution in [0.25, 0.3) is 5.69 Å². The smallest absolute Gasteiger partial charge is 0.245 e. The third-order valence-electron chi connectivity index (χ3n) is 4.54. The zero-order valence-electron chi connectivity index (χ0n) is 13.7. The molecule has 1 aliphatic heterocycles. The normalized spacial score (nSPS) is 20.0. The number of carbonyl (C=O) groups excluding carboxylic acids is 2. The largest absolute Gasteiger partial charge is 0.338 e. The van der Waals surface area contributed by atoms with E-state index in [-0.39, 0.29) is 11.8 Å². The molecule has 0 aliphatic carbocycles. The van der Waals surface area contributed by atoms with E-state index < -0.39 is 5.41 Å². The molecule has 1 unspecified atom stereocenters. The van der Waals surface area contributed by atoms with E-state index in [1.54, 1.807) is 4.90 Å².